The number of phenolic OH excluding ortho intramolecular Hbond substituents is 1. The molecule has 0 saturated heterocycles. The van der Waals surface area contributed by atoms with Gasteiger partial charge in [0.05, 0.1) is 0 Å². The summed E-state index contributed by atoms with van der Waals surface area (Å²) in [6.07, 6.45) is 4.49. The van der Waals surface area contributed by atoms with Gasteiger partial charge in [-0.05, 0) is 23.8 Å². The second-order valence-corrected chi connectivity index (χ2v) is 3.65. The summed E-state index contributed by atoms with van der Waals surface area (Å²) in [4.78, 5) is 22.1. The molecule has 1 rings (SSSR count). The van der Waals surface area contributed by atoms with Crippen LogP contribution in [0.25, 0.3) is 6.08 Å². The van der Waals surface area contributed by atoms with E-state index in [-0.39, 0.29) is 11.3 Å². The molecule has 0 aliphatic heterocycles. The van der Waals surface area contributed by atoms with Crippen LogP contribution in [0, 0.1) is 11.3 Å². The molecule has 0 unspecified atom stereocenters. The summed E-state index contributed by atoms with van der Waals surface area (Å²) in [5.74, 6) is -1.09. The Kier molecular flexibility index (Phi) is 5.05. The monoisotopic (exact) mass is 256 g/mol. The van der Waals surface area contributed by atoms with Crippen molar-refractivity contribution in [2.24, 2.45) is 0 Å². The Labute approximate surface area is 110 Å². The molecule has 2 N–H and O–H groups in total. The van der Waals surface area contributed by atoms with Crippen LogP contribution in [-0.2, 0) is 9.59 Å². The minimum atomic E-state index is -0.731. The third-order valence-electron chi connectivity index (χ3n) is 2.10. The summed E-state index contributed by atoms with van der Waals surface area (Å²) >= 11 is 0. The zero-order chi connectivity index (χ0) is 14.3. The Balaban J connectivity index is 2.78. The number of rotatable bonds is 3. The second-order valence-electron chi connectivity index (χ2n) is 3.65. The number of hydrogen-bond donors (Lipinski definition) is 2. The van der Waals surface area contributed by atoms with E-state index in [1.165, 1.54) is 31.2 Å². The third kappa shape index (κ3) is 4.88. The molecule has 0 fully saturated rings. The smallest absolute Gasteiger partial charge is 0.268 e. The van der Waals surface area contributed by atoms with E-state index >= 15 is 0 Å². The van der Waals surface area contributed by atoms with Crippen molar-refractivity contribution in [3.63, 3.8) is 0 Å². The lowest BCUT2D eigenvalue weighted by atomic mass is 10.2. The van der Waals surface area contributed by atoms with Gasteiger partial charge in [-0.25, -0.2) is 0 Å². The molecular weight excluding hydrogens is 244 g/mol. The van der Waals surface area contributed by atoms with Crippen LogP contribution in [0.2, 0.25) is 0 Å². The first-order valence-corrected chi connectivity index (χ1v) is 5.42. The number of hydrogen-bond acceptors (Lipinski definition) is 4. The Bertz CT molecular complexity index is 578. The van der Waals surface area contributed by atoms with Gasteiger partial charge in [-0.15, -0.1) is 0 Å². The number of nitrogens with zero attached hydrogens (tertiary/aromatic N) is 1. The van der Waals surface area contributed by atoms with Crippen molar-refractivity contribution in [1.82, 2.24) is 5.32 Å². The van der Waals surface area contributed by atoms with Crippen LogP contribution in [0.4, 0.5) is 0 Å². The molecule has 0 spiro atoms. The number of imide groups is 1. The highest BCUT2D eigenvalue weighted by Crippen LogP contribution is 2.10. The van der Waals surface area contributed by atoms with Crippen molar-refractivity contribution in [1.29, 1.82) is 5.26 Å². The maximum absolute atomic E-state index is 11.4. The zero-order valence-electron chi connectivity index (χ0n) is 10.3. The molecule has 1 aromatic carbocycles. The minimum Gasteiger partial charge on any atom is -0.508 e. The number of allylic oxidation sites excluding steroid dienone is 2. The van der Waals surface area contributed by atoms with E-state index < -0.39 is 11.8 Å². The molecule has 5 heteroatoms. The molecule has 2 amide bonds. The Hall–Kier alpha value is -2.87. The molecule has 1 aromatic rings. The van der Waals surface area contributed by atoms with Gasteiger partial charge in [0.2, 0.25) is 5.91 Å². The average molecular weight is 256 g/mol. The normalized spacial score (nSPS) is 11.1. The van der Waals surface area contributed by atoms with Gasteiger partial charge < -0.3 is 5.11 Å². The van der Waals surface area contributed by atoms with Crippen LogP contribution in [-0.4, -0.2) is 16.9 Å². The molecule has 0 aliphatic carbocycles. The first kappa shape index (κ1) is 14.2. The van der Waals surface area contributed by atoms with Gasteiger partial charge in [0.25, 0.3) is 5.91 Å². The third-order valence-corrected chi connectivity index (χ3v) is 2.10. The summed E-state index contributed by atoms with van der Waals surface area (Å²) < 4.78 is 0. The molecule has 0 bridgehead atoms. The number of benzene rings is 1. The van der Waals surface area contributed by atoms with Gasteiger partial charge in [-0.1, -0.05) is 24.3 Å². The number of carbonyl (C=O) groups excluding carboxylic acids is 2. The van der Waals surface area contributed by atoms with E-state index in [1.807, 2.05) is 5.32 Å². The van der Waals surface area contributed by atoms with Crippen LogP contribution in [0.5, 0.6) is 5.75 Å². The number of carbonyl (C=O) groups is 2. The van der Waals surface area contributed by atoms with Crippen molar-refractivity contribution in [2.45, 2.75) is 6.92 Å². The molecule has 19 heavy (non-hydrogen) atoms. The van der Waals surface area contributed by atoms with Crippen LogP contribution in [0.1, 0.15) is 12.5 Å². The van der Waals surface area contributed by atoms with E-state index in [4.69, 9.17) is 10.4 Å². The van der Waals surface area contributed by atoms with E-state index in [1.54, 1.807) is 24.3 Å². The van der Waals surface area contributed by atoms with Gasteiger partial charge in [0.1, 0.15) is 17.4 Å². The molecule has 0 saturated carbocycles. The highest BCUT2D eigenvalue weighted by Gasteiger charge is 2.08. The van der Waals surface area contributed by atoms with Crippen molar-refractivity contribution >= 4 is 17.9 Å². The van der Waals surface area contributed by atoms with Crippen molar-refractivity contribution < 1.29 is 14.7 Å². The fourth-order valence-electron chi connectivity index (χ4n) is 1.23. The zero-order valence-corrected chi connectivity index (χ0v) is 10.3. The molecule has 0 aliphatic rings. The summed E-state index contributed by atoms with van der Waals surface area (Å²) in [5.41, 5.74) is 0.642. The lowest BCUT2D eigenvalue weighted by molar-refractivity contribution is -0.126. The predicted molar refractivity (Wildman–Crippen MR) is 69.7 cm³/mol. The van der Waals surface area contributed by atoms with Crippen molar-refractivity contribution in [3.05, 3.63) is 47.6 Å². The Morgan fingerprint density at radius 3 is 2.47 bits per heavy atom. The SMILES string of the molecule is CC(=O)NC(=O)/C(C#N)=C/C=C/c1ccc(O)cc1. The average Bonchev–Trinajstić information content (AvgIpc) is 2.36. The maximum atomic E-state index is 11.4. The molecule has 96 valence electrons. The van der Waals surface area contributed by atoms with Gasteiger partial charge >= 0.3 is 0 Å². The van der Waals surface area contributed by atoms with E-state index in [9.17, 15) is 9.59 Å². The molecule has 0 atom stereocenters. The predicted octanol–water partition coefficient (Wildman–Crippen LogP) is 1.52. The molecule has 0 aromatic heterocycles. The van der Waals surface area contributed by atoms with Crippen LogP contribution >= 0.6 is 0 Å². The lowest BCUT2D eigenvalue weighted by Crippen LogP contribution is -2.28. The van der Waals surface area contributed by atoms with E-state index in [0.717, 1.165) is 5.56 Å². The quantitative estimate of drug-likeness (QED) is 0.487. The molecule has 5 nitrogen and oxygen atoms in total. The first-order valence-electron chi connectivity index (χ1n) is 5.42. The van der Waals surface area contributed by atoms with Gasteiger partial charge in [-0.3, -0.25) is 14.9 Å². The number of nitrogens with one attached hydrogen (secondary N) is 1. The largest absolute Gasteiger partial charge is 0.508 e. The molecule has 0 heterocycles. The summed E-state index contributed by atoms with van der Waals surface area (Å²) in [5, 5.41) is 19.9. The van der Waals surface area contributed by atoms with E-state index in [0.29, 0.717) is 0 Å². The van der Waals surface area contributed by atoms with Crippen LogP contribution in [0.15, 0.2) is 42.0 Å². The molecule has 0 radical (unpaired) electrons. The summed E-state index contributed by atoms with van der Waals surface area (Å²) in [6.45, 7) is 1.19. The number of nitriles is 1. The molecular formula is C14H12N2O3. The highest BCUT2D eigenvalue weighted by molar-refractivity contribution is 6.06. The number of phenols is 1. The Morgan fingerprint density at radius 2 is 1.95 bits per heavy atom. The number of amides is 2. The van der Waals surface area contributed by atoms with Crippen molar-refractivity contribution in [3.8, 4) is 11.8 Å². The first-order chi connectivity index (χ1) is 9.02. The van der Waals surface area contributed by atoms with Gasteiger partial charge in [0, 0.05) is 6.92 Å². The van der Waals surface area contributed by atoms with Gasteiger partial charge in [0.15, 0.2) is 0 Å². The second kappa shape index (κ2) is 6.77. The summed E-state index contributed by atoms with van der Waals surface area (Å²) in [7, 11) is 0. The van der Waals surface area contributed by atoms with E-state index in [2.05, 4.69) is 0 Å². The summed E-state index contributed by atoms with van der Waals surface area (Å²) in [6, 6.07) is 8.12. The Morgan fingerprint density at radius 1 is 1.32 bits per heavy atom. The highest BCUT2D eigenvalue weighted by atomic mass is 16.3. The maximum Gasteiger partial charge on any atom is 0.268 e. The van der Waals surface area contributed by atoms with Crippen LogP contribution < -0.4 is 5.32 Å². The number of aromatic hydroxyl groups is 1. The van der Waals surface area contributed by atoms with Crippen LogP contribution in [0.3, 0.4) is 0 Å². The standard InChI is InChI=1S/C14H12N2O3/c1-10(17)16-14(19)12(9-15)4-2-3-11-5-7-13(18)8-6-11/h2-8,18H,1H3,(H,16,17,19)/b3-2+,12-4+. The lowest BCUT2D eigenvalue weighted by Gasteiger charge is -1.97. The van der Waals surface area contributed by atoms with Crippen molar-refractivity contribution in [2.75, 3.05) is 0 Å². The fraction of sp³-hybridized carbons (Fsp3) is 0.0714. The topological polar surface area (TPSA) is 90.2 Å². The fourth-order valence-corrected chi connectivity index (χ4v) is 1.23. The van der Waals surface area contributed by atoms with Gasteiger partial charge in [-0.2, -0.15) is 5.26 Å². The minimum absolute atomic E-state index is 0.159.